The Kier molecular flexibility index (Phi) is 9.05. The molecule has 4 heterocycles. The molecule has 0 bridgehead atoms. The molecule has 0 saturated carbocycles. The van der Waals surface area contributed by atoms with E-state index in [1.54, 1.807) is 0 Å². The average molecular weight is 910 g/mol. The summed E-state index contributed by atoms with van der Waals surface area (Å²) >= 11 is 0. The maximum Gasteiger partial charge on any atom is 0.242 e. The number of nitrogens with zero attached hydrogens (tertiary/aromatic N) is 1. The SMILES string of the molecule is c1ccc(C2(c3ccccc3)c3ccccc3B3c4ccccc4C4(c5ccccc5B(c5ccc(-c6c7ccccc7c(-c7ccncc7)c7ccccc67)cc5)c5ccccc54)c4cccc2c43)cc1. The number of fused-ring (bicyclic) bond motifs is 12. The fraction of sp³-hybridized carbons (Fsp3) is 0.0290. The Hall–Kier alpha value is -8.78. The molecule has 0 aliphatic carbocycles. The molecule has 0 fully saturated rings. The fourth-order valence-electron chi connectivity index (χ4n) is 14.2. The molecule has 0 saturated heterocycles. The van der Waals surface area contributed by atoms with Crippen molar-refractivity contribution in [2.75, 3.05) is 0 Å². The van der Waals surface area contributed by atoms with Gasteiger partial charge in [0.05, 0.1) is 10.8 Å². The van der Waals surface area contributed by atoms with E-state index < -0.39 is 10.8 Å². The predicted molar refractivity (Wildman–Crippen MR) is 302 cm³/mol. The zero-order valence-electron chi connectivity index (χ0n) is 39.6. The lowest BCUT2D eigenvalue weighted by atomic mass is 9.24. The first-order chi connectivity index (χ1) is 35.8. The van der Waals surface area contributed by atoms with Gasteiger partial charge < -0.3 is 0 Å². The van der Waals surface area contributed by atoms with Gasteiger partial charge in [0, 0.05) is 12.4 Å². The highest BCUT2D eigenvalue weighted by atomic mass is 14.6. The molecular formula is C69H45B2N. The van der Waals surface area contributed by atoms with Gasteiger partial charge in [-0.1, -0.05) is 281 Å². The van der Waals surface area contributed by atoms with Crippen molar-refractivity contribution in [1.82, 2.24) is 4.98 Å². The van der Waals surface area contributed by atoms with Crippen LogP contribution in [0.1, 0.15) is 44.5 Å². The molecule has 0 amide bonds. The maximum absolute atomic E-state index is 4.36. The van der Waals surface area contributed by atoms with E-state index in [0.717, 1.165) is 0 Å². The number of hydrogen-bond donors (Lipinski definition) is 0. The highest BCUT2D eigenvalue weighted by molar-refractivity contribution is 6.98. The van der Waals surface area contributed by atoms with Crippen LogP contribution in [0.25, 0.3) is 43.8 Å². The Bertz CT molecular complexity index is 3970. The predicted octanol–water partition coefficient (Wildman–Crippen LogP) is 11.5. The van der Waals surface area contributed by atoms with E-state index in [-0.39, 0.29) is 13.4 Å². The zero-order chi connectivity index (χ0) is 47.4. The first kappa shape index (κ1) is 41.0. The summed E-state index contributed by atoms with van der Waals surface area (Å²) in [5.74, 6) is 0. The van der Waals surface area contributed by atoms with Crippen LogP contribution in [0.4, 0.5) is 0 Å². The number of hydrogen-bond acceptors (Lipinski definition) is 1. The Morgan fingerprint density at radius 2 is 0.611 bits per heavy atom. The van der Waals surface area contributed by atoms with Crippen LogP contribution in [0.15, 0.2) is 273 Å². The minimum atomic E-state index is -0.595. The van der Waals surface area contributed by atoms with E-state index in [2.05, 4.69) is 266 Å². The second kappa shape index (κ2) is 15.9. The van der Waals surface area contributed by atoms with Crippen molar-refractivity contribution >= 4 is 67.7 Å². The quantitative estimate of drug-likeness (QED) is 0.124. The van der Waals surface area contributed by atoms with Gasteiger partial charge in [0.25, 0.3) is 0 Å². The minimum absolute atomic E-state index is 0.0116. The van der Waals surface area contributed by atoms with Gasteiger partial charge in [-0.05, 0) is 100 Å². The number of aromatic nitrogens is 1. The highest BCUT2D eigenvalue weighted by Crippen LogP contribution is 2.52. The Balaban J connectivity index is 0.970. The monoisotopic (exact) mass is 909 g/mol. The van der Waals surface area contributed by atoms with Gasteiger partial charge in [-0.25, -0.2) is 0 Å². The van der Waals surface area contributed by atoms with Crippen LogP contribution in [0.3, 0.4) is 0 Å². The lowest BCUT2D eigenvalue weighted by Crippen LogP contribution is -2.71. The van der Waals surface area contributed by atoms with Crippen LogP contribution in [0.2, 0.25) is 0 Å². The summed E-state index contributed by atoms with van der Waals surface area (Å²) in [6.07, 6.45) is 3.79. The van der Waals surface area contributed by atoms with Crippen molar-refractivity contribution in [2.24, 2.45) is 0 Å². The lowest BCUT2D eigenvalue weighted by Gasteiger charge is -2.53. The van der Waals surface area contributed by atoms with Crippen LogP contribution in [0, 0.1) is 0 Å². The van der Waals surface area contributed by atoms with Crippen molar-refractivity contribution in [3.63, 3.8) is 0 Å². The summed E-state index contributed by atoms with van der Waals surface area (Å²) in [5, 5.41) is 4.98. The van der Waals surface area contributed by atoms with Gasteiger partial charge >= 0.3 is 0 Å². The molecule has 0 radical (unpaired) electrons. The van der Waals surface area contributed by atoms with E-state index in [1.807, 2.05) is 12.4 Å². The molecular weight excluding hydrogens is 864 g/mol. The van der Waals surface area contributed by atoms with Gasteiger partial charge in [0.1, 0.15) is 0 Å². The molecule has 15 rings (SSSR count). The molecule has 72 heavy (non-hydrogen) atoms. The molecule has 1 nitrogen and oxygen atoms in total. The average Bonchev–Trinajstić information content (AvgIpc) is 3.47. The zero-order valence-corrected chi connectivity index (χ0v) is 39.6. The van der Waals surface area contributed by atoms with E-state index in [1.165, 1.54) is 121 Å². The van der Waals surface area contributed by atoms with Crippen LogP contribution >= 0.6 is 0 Å². The molecule has 332 valence electrons. The molecule has 11 aromatic carbocycles. The third-order valence-corrected chi connectivity index (χ3v) is 16.8. The van der Waals surface area contributed by atoms with E-state index in [4.69, 9.17) is 0 Å². The smallest absolute Gasteiger partial charge is 0.242 e. The molecule has 0 N–H and O–H groups in total. The van der Waals surface area contributed by atoms with Crippen molar-refractivity contribution in [3.05, 3.63) is 318 Å². The van der Waals surface area contributed by atoms with Gasteiger partial charge in [-0.2, -0.15) is 0 Å². The van der Waals surface area contributed by atoms with Crippen LogP contribution in [-0.4, -0.2) is 18.4 Å². The van der Waals surface area contributed by atoms with Gasteiger partial charge in [-0.3, -0.25) is 4.98 Å². The summed E-state index contributed by atoms with van der Waals surface area (Å²) in [6, 6.07) is 99.0. The molecule has 0 unspecified atom stereocenters. The Morgan fingerprint density at radius 3 is 1.07 bits per heavy atom. The standard InChI is InChI=1S/C69H45B2N/c1-3-20-48(21-4-1)68(49-22-5-2-6-23-49)55-28-11-17-36-63(55)71-64-37-18-14-31-58(64)69(60-33-19-32-59(68)67(60)71)56-29-12-15-34-61(56)70(62-35-16-13-30-57(62)69)50-40-38-46(39-41-50)65-51-24-7-9-26-53(51)66(47-42-44-72-45-43-47)54-27-10-8-25-52(54)65/h1-45H. The molecule has 3 aliphatic rings. The maximum atomic E-state index is 4.36. The molecule has 3 heteroatoms. The second-order valence-electron chi connectivity index (χ2n) is 19.9. The van der Waals surface area contributed by atoms with Crippen molar-refractivity contribution in [1.29, 1.82) is 0 Å². The topological polar surface area (TPSA) is 12.9 Å². The molecule has 1 spiro atoms. The van der Waals surface area contributed by atoms with Crippen molar-refractivity contribution in [2.45, 2.75) is 10.8 Å². The third kappa shape index (κ3) is 5.48. The van der Waals surface area contributed by atoms with Crippen LogP contribution in [0.5, 0.6) is 0 Å². The first-order valence-corrected chi connectivity index (χ1v) is 25.3. The number of rotatable bonds is 5. The van der Waals surface area contributed by atoms with Gasteiger partial charge in [0.2, 0.25) is 13.4 Å². The largest absolute Gasteiger partial charge is 0.265 e. The molecule has 0 atom stereocenters. The summed E-state index contributed by atoms with van der Waals surface area (Å²) in [4.78, 5) is 4.36. The highest BCUT2D eigenvalue weighted by Gasteiger charge is 2.57. The summed E-state index contributed by atoms with van der Waals surface area (Å²) in [5.41, 5.74) is 22.6. The summed E-state index contributed by atoms with van der Waals surface area (Å²) < 4.78 is 0. The third-order valence-electron chi connectivity index (χ3n) is 16.8. The number of pyridine rings is 1. The van der Waals surface area contributed by atoms with E-state index in [0.29, 0.717) is 0 Å². The Morgan fingerprint density at radius 1 is 0.264 bits per heavy atom. The first-order valence-electron chi connectivity index (χ1n) is 25.3. The summed E-state index contributed by atoms with van der Waals surface area (Å²) in [6.45, 7) is 0.0582. The van der Waals surface area contributed by atoms with Crippen molar-refractivity contribution < 1.29 is 0 Å². The van der Waals surface area contributed by atoms with E-state index >= 15 is 0 Å². The van der Waals surface area contributed by atoms with Crippen molar-refractivity contribution in [3.8, 4) is 22.3 Å². The van der Waals surface area contributed by atoms with Gasteiger partial charge in [0.15, 0.2) is 0 Å². The van der Waals surface area contributed by atoms with Crippen LogP contribution < -0.4 is 32.8 Å². The normalized spacial score (nSPS) is 14.3. The lowest BCUT2D eigenvalue weighted by molar-refractivity contribution is 0.725. The number of benzene rings is 11. The molecule has 3 aliphatic heterocycles. The van der Waals surface area contributed by atoms with Crippen LogP contribution in [-0.2, 0) is 10.8 Å². The molecule has 1 aromatic heterocycles. The summed E-state index contributed by atoms with van der Waals surface area (Å²) in [7, 11) is 0. The fourth-order valence-corrected chi connectivity index (χ4v) is 14.2. The minimum Gasteiger partial charge on any atom is -0.265 e. The second-order valence-corrected chi connectivity index (χ2v) is 19.9. The van der Waals surface area contributed by atoms with Gasteiger partial charge in [-0.15, -0.1) is 0 Å². The molecule has 12 aromatic rings. The Labute approximate surface area is 421 Å². The van der Waals surface area contributed by atoms with E-state index in [9.17, 15) is 0 Å².